The summed E-state index contributed by atoms with van der Waals surface area (Å²) in [6, 6.07) is 4.19. The molecule has 3 heterocycles. The van der Waals surface area contributed by atoms with Crippen molar-refractivity contribution in [2.45, 2.75) is 51.0 Å². The van der Waals surface area contributed by atoms with Gasteiger partial charge in [-0.25, -0.2) is 0 Å². The summed E-state index contributed by atoms with van der Waals surface area (Å²) in [7, 11) is 0. The summed E-state index contributed by atoms with van der Waals surface area (Å²) in [6.07, 6.45) is 5.70. The van der Waals surface area contributed by atoms with Gasteiger partial charge in [0.1, 0.15) is 6.04 Å². The van der Waals surface area contributed by atoms with E-state index in [1.54, 1.807) is 12.1 Å². The molecule has 0 bridgehead atoms. The highest BCUT2D eigenvalue weighted by Crippen LogP contribution is 2.31. The smallest absolute Gasteiger partial charge is 0.262 e. The Labute approximate surface area is 192 Å². The molecule has 9 heteroatoms. The maximum atomic E-state index is 13.1. The maximum absolute atomic E-state index is 13.1. The number of piperazine rings is 1. The van der Waals surface area contributed by atoms with Crippen LogP contribution in [-0.4, -0.2) is 71.6 Å². The largest absolute Gasteiger partial charge is 0.368 e. The first kappa shape index (κ1) is 21.6. The van der Waals surface area contributed by atoms with E-state index in [4.69, 9.17) is 0 Å². The molecule has 9 nitrogen and oxygen atoms in total. The fourth-order valence-corrected chi connectivity index (χ4v) is 5.45. The van der Waals surface area contributed by atoms with Gasteiger partial charge < -0.3 is 9.80 Å². The fraction of sp³-hybridized carbons (Fsp3) is 0.542. The molecule has 4 aliphatic rings. The van der Waals surface area contributed by atoms with Crippen molar-refractivity contribution in [1.29, 1.82) is 0 Å². The number of amides is 5. The third-order valence-corrected chi connectivity index (χ3v) is 7.33. The SMILES string of the molecule is O=C1CCC(N2C(=O)c3ccc(N4CCN(C(=O)C5CCCCC5)CC4)cc3C2=O)C(=O)N1. The lowest BCUT2D eigenvalue weighted by molar-refractivity contribution is -0.137. The molecule has 1 aromatic rings. The van der Waals surface area contributed by atoms with Crippen LogP contribution in [0.2, 0.25) is 0 Å². The third-order valence-electron chi connectivity index (χ3n) is 7.33. The number of hydrogen-bond acceptors (Lipinski definition) is 6. The van der Waals surface area contributed by atoms with Crippen LogP contribution >= 0.6 is 0 Å². The summed E-state index contributed by atoms with van der Waals surface area (Å²) in [4.78, 5) is 67.5. The summed E-state index contributed by atoms with van der Waals surface area (Å²) >= 11 is 0. The number of benzene rings is 1. The third kappa shape index (κ3) is 3.89. The van der Waals surface area contributed by atoms with E-state index in [2.05, 4.69) is 10.2 Å². The van der Waals surface area contributed by atoms with E-state index >= 15 is 0 Å². The van der Waals surface area contributed by atoms with Gasteiger partial charge in [-0.3, -0.25) is 34.2 Å². The van der Waals surface area contributed by atoms with E-state index in [9.17, 15) is 24.0 Å². The van der Waals surface area contributed by atoms with Gasteiger partial charge in [0.05, 0.1) is 11.1 Å². The Balaban J connectivity index is 1.27. The van der Waals surface area contributed by atoms with Gasteiger partial charge in [-0.1, -0.05) is 19.3 Å². The van der Waals surface area contributed by atoms with Gasteiger partial charge in [-0.2, -0.15) is 0 Å². The Hall–Kier alpha value is -3.23. The number of nitrogens with zero attached hydrogens (tertiary/aromatic N) is 3. The van der Waals surface area contributed by atoms with Crippen LogP contribution in [0.25, 0.3) is 0 Å². The Morgan fingerprint density at radius 2 is 1.55 bits per heavy atom. The fourth-order valence-electron chi connectivity index (χ4n) is 5.45. The molecule has 1 aliphatic carbocycles. The first-order chi connectivity index (χ1) is 15.9. The molecule has 1 aromatic carbocycles. The second-order valence-corrected chi connectivity index (χ2v) is 9.32. The molecule has 3 aliphatic heterocycles. The molecular weight excluding hydrogens is 424 g/mol. The van der Waals surface area contributed by atoms with Crippen molar-refractivity contribution in [2.75, 3.05) is 31.1 Å². The quantitative estimate of drug-likeness (QED) is 0.693. The first-order valence-electron chi connectivity index (χ1n) is 11.8. The van der Waals surface area contributed by atoms with Crippen molar-refractivity contribution in [3.05, 3.63) is 29.3 Å². The van der Waals surface area contributed by atoms with E-state index in [0.717, 1.165) is 36.3 Å². The van der Waals surface area contributed by atoms with Gasteiger partial charge in [0.25, 0.3) is 11.8 Å². The number of imide groups is 2. The van der Waals surface area contributed by atoms with Crippen molar-refractivity contribution in [2.24, 2.45) is 5.92 Å². The van der Waals surface area contributed by atoms with Crippen LogP contribution in [0.3, 0.4) is 0 Å². The summed E-state index contributed by atoms with van der Waals surface area (Å²) in [5, 5.41) is 2.21. The normalized spacial score (nSPS) is 24.2. The van der Waals surface area contributed by atoms with Gasteiger partial charge in [0, 0.05) is 44.2 Å². The Morgan fingerprint density at radius 1 is 0.848 bits per heavy atom. The predicted octanol–water partition coefficient (Wildman–Crippen LogP) is 1.32. The zero-order valence-corrected chi connectivity index (χ0v) is 18.5. The molecule has 2 saturated heterocycles. The van der Waals surface area contributed by atoms with Crippen LogP contribution in [0.5, 0.6) is 0 Å². The van der Waals surface area contributed by atoms with E-state index in [-0.39, 0.29) is 35.8 Å². The van der Waals surface area contributed by atoms with Crippen LogP contribution in [0.4, 0.5) is 5.69 Å². The first-order valence-corrected chi connectivity index (χ1v) is 11.8. The van der Waals surface area contributed by atoms with E-state index in [1.165, 1.54) is 6.42 Å². The van der Waals surface area contributed by atoms with E-state index in [1.807, 2.05) is 11.0 Å². The van der Waals surface area contributed by atoms with Gasteiger partial charge in [0.15, 0.2) is 0 Å². The number of piperidine rings is 1. The summed E-state index contributed by atoms with van der Waals surface area (Å²) < 4.78 is 0. The minimum absolute atomic E-state index is 0.0961. The Morgan fingerprint density at radius 3 is 2.24 bits per heavy atom. The summed E-state index contributed by atoms with van der Waals surface area (Å²) in [5.74, 6) is -1.58. The molecule has 5 amide bonds. The van der Waals surface area contributed by atoms with Gasteiger partial charge in [-0.15, -0.1) is 0 Å². The monoisotopic (exact) mass is 452 g/mol. The molecule has 1 unspecified atom stereocenters. The number of carbonyl (C=O) groups is 5. The molecular formula is C24H28N4O5. The topological polar surface area (TPSA) is 107 Å². The summed E-state index contributed by atoms with van der Waals surface area (Å²) in [5.41, 5.74) is 1.38. The molecule has 0 spiro atoms. The van der Waals surface area contributed by atoms with Crippen LogP contribution < -0.4 is 10.2 Å². The molecule has 3 fully saturated rings. The minimum Gasteiger partial charge on any atom is -0.368 e. The van der Waals surface area contributed by atoms with Crippen LogP contribution in [0.1, 0.15) is 65.7 Å². The molecule has 1 saturated carbocycles. The zero-order chi connectivity index (χ0) is 23.1. The highest BCUT2D eigenvalue weighted by Gasteiger charge is 2.44. The van der Waals surface area contributed by atoms with Crippen LogP contribution in [0.15, 0.2) is 18.2 Å². The Kier molecular flexibility index (Phi) is 5.64. The number of nitrogens with one attached hydrogen (secondary N) is 1. The van der Waals surface area contributed by atoms with Crippen molar-refractivity contribution < 1.29 is 24.0 Å². The van der Waals surface area contributed by atoms with Gasteiger partial charge in [0.2, 0.25) is 17.7 Å². The maximum Gasteiger partial charge on any atom is 0.262 e. The molecule has 174 valence electrons. The number of anilines is 1. The van der Waals surface area contributed by atoms with Crippen LogP contribution in [-0.2, 0) is 14.4 Å². The van der Waals surface area contributed by atoms with Gasteiger partial charge >= 0.3 is 0 Å². The lowest BCUT2D eigenvalue weighted by Crippen LogP contribution is -2.54. The zero-order valence-electron chi connectivity index (χ0n) is 18.5. The molecule has 0 aromatic heterocycles. The Bertz CT molecular complexity index is 1020. The van der Waals surface area contributed by atoms with Crippen LogP contribution in [0, 0.1) is 5.92 Å². The number of fused-ring (bicyclic) bond motifs is 1. The average molecular weight is 453 g/mol. The number of rotatable bonds is 3. The lowest BCUT2D eigenvalue weighted by atomic mass is 9.88. The van der Waals surface area contributed by atoms with E-state index < -0.39 is 29.7 Å². The molecule has 1 N–H and O–H groups in total. The van der Waals surface area contributed by atoms with Crippen molar-refractivity contribution >= 4 is 35.2 Å². The average Bonchev–Trinajstić information content (AvgIpc) is 3.09. The highest BCUT2D eigenvalue weighted by atomic mass is 16.2. The molecule has 0 radical (unpaired) electrons. The molecule has 5 rings (SSSR count). The van der Waals surface area contributed by atoms with Crippen molar-refractivity contribution in [1.82, 2.24) is 15.1 Å². The van der Waals surface area contributed by atoms with Crippen molar-refractivity contribution in [3.63, 3.8) is 0 Å². The predicted molar refractivity (Wildman–Crippen MR) is 118 cm³/mol. The second kappa shape index (κ2) is 8.61. The number of hydrogen-bond donors (Lipinski definition) is 1. The van der Waals surface area contributed by atoms with Gasteiger partial charge in [-0.05, 0) is 37.5 Å². The minimum atomic E-state index is -0.965. The standard InChI is InChI=1S/C24H28N4O5/c29-20-9-8-19(21(30)25-20)28-23(32)17-7-6-16(14-18(17)24(28)33)26-10-12-27(13-11-26)22(31)15-4-2-1-3-5-15/h6-7,14-15,19H,1-5,8-13H2,(H,25,29,30). The lowest BCUT2D eigenvalue weighted by Gasteiger charge is -2.38. The van der Waals surface area contributed by atoms with Crippen molar-refractivity contribution in [3.8, 4) is 0 Å². The highest BCUT2D eigenvalue weighted by molar-refractivity contribution is 6.23. The van der Waals surface area contributed by atoms with E-state index in [0.29, 0.717) is 26.2 Å². The second-order valence-electron chi connectivity index (χ2n) is 9.32. The molecule has 1 atom stereocenters. The number of carbonyl (C=O) groups excluding carboxylic acids is 5. The summed E-state index contributed by atoms with van der Waals surface area (Å²) in [6.45, 7) is 2.61. The molecule has 33 heavy (non-hydrogen) atoms.